The van der Waals surface area contributed by atoms with Gasteiger partial charge in [-0.15, -0.1) is 34.8 Å². The number of hydrogen-bond acceptors (Lipinski definition) is 1. The summed E-state index contributed by atoms with van der Waals surface area (Å²) in [5, 5.41) is 7.52. The zero-order chi connectivity index (χ0) is 6.57. The van der Waals surface area contributed by atoms with Gasteiger partial charge in [-0.05, 0) is 0 Å². The van der Waals surface area contributed by atoms with E-state index in [1.165, 1.54) is 0 Å². The Morgan fingerprint density at radius 1 is 1.38 bits per heavy atom. The molecule has 0 aromatic carbocycles. The summed E-state index contributed by atoms with van der Waals surface area (Å²) >= 11 is 15.9. The summed E-state index contributed by atoms with van der Waals surface area (Å²) in [7, 11) is 0. The Morgan fingerprint density at radius 3 is 2.00 bits per heavy atom. The van der Waals surface area contributed by atoms with Crippen LogP contribution in [0, 0.1) is 11.3 Å². The van der Waals surface area contributed by atoms with Crippen LogP contribution in [0.5, 0.6) is 0 Å². The van der Waals surface area contributed by atoms with E-state index in [9.17, 15) is 0 Å². The van der Waals surface area contributed by atoms with Crippen LogP contribution in [0.15, 0.2) is 0 Å². The zero-order valence-corrected chi connectivity index (χ0v) is 6.21. The highest BCUT2D eigenvalue weighted by molar-refractivity contribution is 6.44. The molecule has 0 fully saturated rings. The van der Waals surface area contributed by atoms with Crippen LogP contribution in [-0.4, -0.2) is 10.2 Å². The minimum absolute atomic E-state index is 0.321. The smallest absolute Gasteiger partial charge is 0.123 e. The second-order valence-corrected chi connectivity index (χ2v) is 3.03. The fraction of sp³-hybridized carbons (Fsp3) is 0.750. The molecule has 1 unspecified atom stereocenters. The lowest BCUT2D eigenvalue weighted by Crippen LogP contribution is -1.99. The van der Waals surface area contributed by atoms with Crippen LogP contribution in [0.1, 0.15) is 6.42 Å². The van der Waals surface area contributed by atoms with E-state index in [1.807, 2.05) is 0 Å². The third-order valence-corrected chi connectivity index (χ3v) is 1.16. The highest BCUT2D eigenvalue weighted by atomic mass is 35.5. The second kappa shape index (κ2) is 4.26. The van der Waals surface area contributed by atoms with Crippen LogP contribution in [0.3, 0.4) is 0 Å². The molecule has 0 N–H and O–H groups in total. The maximum absolute atomic E-state index is 8.08. The van der Waals surface area contributed by atoms with Gasteiger partial charge < -0.3 is 0 Å². The molecular formula is C4H4Cl3N. The second-order valence-electron chi connectivity index (χ2n) is 1.22. The molecule has 1 atom stereocenters. The lowest BCUT2D eigenvalue weighted by atomic mass is 10.4. The van der Waals surface area contributed by atoms with Crippen molar-refractivity contribution in [3.05, 3.63) is 0 Å². The molecule has 8 heavy (non-hydrogen) atoms. The first-order valence-corrected chi connectivity index (χ1v) is 3.29. The van der Waals surface area contributed by atoms with E-state index in [0.717, 1.165) is 0 Å². The van der Waals surface area contributed by atoms with E-state index in [1.54, 1.807) is 6.07 Å². The molecule has 46 valence electrons. The van der Waals surface area contributed by atoms with Crippen molar-refractivity contribution in [2.75, 3.05) is 0 Å². The Hall–Kier alpha value is 0.360. The summed E-state index contributed by atoms with van der Waals surface area (Å²) in [6.45, 7) is 0. The first kappa shape index (κ1) is 8.36. The van der Waals surface area contributed by atoms with Gasteiger partial charge >= 0.3 is 0 Å². The summed E-state index contributed by atoms with van der Waals surface area (Å²) in [4.78, 5) is -0.530. The molecule has 0 amide bonds. The van der Waals surface area contributed by atoms with E-state index < -0.39 is 10.2 Å². The largest absolute Gasteiger partial charge is 0.197 e. The normalized spacial score (nSPS) is 13.4. The average Bonchev–Trinajstić information content (AvgIpc) is 1.65. The van der Waals surface area contributed by atoms with Gasteiger partial charge in [0.05, 0.1) is 6.07 Å². The number of nitrogens with zero attached hydrogens (tertiary/aromatic N) is 1. The summed E-state index contributed by atoms with van der Waals surface area (Å²) in [6.07, 6.45) is 0.321. The summed E-state index contributed by atoms with van der Waals surface area (Å²) < 4.78 is 0. The fourth-order valence-corrected chi connectivity index (χ4v) is 0.926. The molecule has 0 aromatic heterocycles. The molecular weight excluding hydrogens is 168 g/mol. The Bertz CT molecular complexity index is 95.9. The molecule has 0 radical (unpaired) electrons. The van der Waals surface area contributed by atoms with Crippen LogP contribution < -0.4 is 0 Å². The molecule has 0 aromatic rings. The Balaban J connectivity index is 3.28. The van der Waals surface area contributed by atoms with Crippen molar-refractivity contribution in [3.63, 3.8) is 0 Å². The monoisotopic (exact) mass is 171 g/mol. The van der Waals surface area contributed by atoms with Crippen LogP contribution in [-0.2, 0) is 0 Å². The average molecular weight is 172 g/mol. The highest BCUT2D eigenvalue weighted by Crippen LogP contribution is 2.12. The first-order chi connectivity index (χ1) is 3.66. The minimum atomic E-state index is -0.560. The topological polar surface area (TPSA) is 23.8 Å². The Morgan fingerprint density at radius 2 is 1.88 bits per heavy atom. The van der Waals surface area contributed by atoms with Gasteiger partial charge in [-0.25, -0.2) is 0 Å². The lowest BCUT2D eigenvalue weighted by molar-refractivity contribution is 0.941. The number of hydrogen-bond donors (Lipinski definition) is 0. The van der Waals surface area contributed by atoms with E-state index in [2.05, 4.69) is 0 Å². The molecule has 0 rings (SSSR count). The van der Waals surface area contributed by atoms with Crippen molar-refractivity contribution in [1.82, 2.24) is 0 Å². The molecule has 4 heteroatoms. The fourth-order valence-electron chi connectivity index (χ4n) is 0.209. The maximum atomic E-state index is 8.08. The standard InChI is InChI=1S/C4H4Cl3N/c5-3(2-8)1-4(6)7/h3-4H,1H2. The molecule has 0 spiro atoms. The van der Waals surface area contributed by atoms with E-state index in [0.29, 0.717) is 6.42 Å². The molecule has 0 bridgehead atoms. The van der Waals surface area contributed by atoms with Gasteiger partial charge in [-0.3, -0.25) is 0 Å². The summed E-state index contributed by atoms with van der Waals surface area (Å²) in [6, 6.07) is 1.79. The molecule has 0 aliphatic heterocycles. The van der Waals surface area contributed by atoms with Gasteiger partial charge in [0.25, 0.3) is 0 Å². The van der Waals surface area contributed by atoms with Crippen LogP contribution in [0.2, 0.25) is 0 Å². The third kappa shape index (κ3) is 4.52. The van der Waals surface area contributed by atoms with Crippen molar-refractivity contribution >= 4 is 34.8 Å². The van der Waals surface area contributed by atoms with Crippen LogP contribution in [0.4, 0.5) is 0 Å². The molecule has 0 heterocycles. The van der Waals surface area contributed by atoms with Crippen LogP contribution in [0.25, 0.3) is 0 Å². The molecule has 0 saturated heterocycles. The van der Waals surface area contributed by atoms with Crippen molar-refractivity contribution in [2.45, 2.75) is 16.6 Å². The number of alkyl halides is 3. The van der Waals surface area contributed by atoms with Gasteiger partial charge in [0.15, 0.2) is 0 Å². The van der Waals surface area contributed by atoms with Gasteiger partial charge in [-0.1, -0.05) is 0 Å². The van der Waals surface area contributed by atoms with Gasteiger partial charge in [0.1, 0.15) is 10.2 Å². The minimum Gasteiger partial charge on any atom is -0.197 e. The number of halogens is 3. The number of nitriles is 1. The lowest BCUT2D eigenvalue weighted by Gasteiger charge is -1.97. The molecule has 1 nitrogen and oxygen atoms in total. The van der Waals surface area contributed by atoms with Gasteiger partial charge in [-0.2, -0.15) is 5.26 Å². The molecule has 0 aliphatic carbocycles. The zero-order valence-electron chi connectivity index (χ0n) is 3.94. The summed E-state index contributed by atoms with van der Waals surface area (Å²) in [5.74, 6) is 0. The van der Waals surface area contributed by atoms with Crippen LogP contribution >= 0.6 is 34.8 Å². The quantitative estimate of drug-likeness (QED) is 0.587. The van der Waals surface area contributed by atoms with Gasteiger partial charge in [0.2, 0.25) is 0 Å². The predicted molar refractivity (Wildman–Crippen MR) is 35.4 cm³/mol. The third-order valence-electron chi connectivity index (χ3n) is 0.525. The molecule has 0 aliphatic rings. The maximum Gasteiger partial charge on any atom is 0.123 e. The van der Waals surface area contributed by atoms with E-state index >= 15 is 0 Å². The van der Waals surface area contributed by atoms with E-state index in [-0.39, 0.29) is 0 Å². The summed E-state index contributed by atoms with van der Waals surface area (Å²) in [5.41, 5.74) is 0. The predicted octanol–water partition coefficient (Wildman–Crippen LogP) is 2.31. The van der Waals surface area contributed by atoms with E-state index in [4.69, 9.17) is 40.1 Å². The van der Waals surface area contributed by atoms with Crippen molar-refractivity contribution < 1.29 is 0 Å². The van der Waals surface area contributed by atoms with Gasteiger partial charge in [0, 0.05) is 6.42 Å². The number of rotatable bonds is 2. The van der Waals surface area contributed by atoms with Crippen molar-refractivity contribution in [3.8, 4) is 6.07 Å². The SMILES string of the molecule is N#CC(Cl)CC(Cl)Cl. The Labute approximate surface area is 63.1 Å². The van der Waals surface area contributed by atoms with Crippen molar-refractivity contribution in [2.24, 2.45) is 0 Å². The first-order valence-electron chi connectivity index (χ1n) is 1.98. The van der Waals surface area contributed by atoms with Crippen molar-refractivity contribution in [1.29, 1.82) is 5.26 Å². The Kier molecular flexibility index (Phi) is 4.45. The highest BCUT2D eigenvalue weighted by Gasteiger charge is 2.06. The molecule has 0 saturated carbocycles.